The summed E-state index contributed by atoms with van der Waals surface area (Å²) in [4.78, 5) is 50.2. The van der Waals surface area contributed by atoms with Gasteiger partial charge in [-0.05, 0) is 72.8 Å². The van der Waals surface area contributed by atoms with Crippen molar-refractivity contribution in [2.45, 2.75) is 71.5 Å². The van der Waals surface area contributed by atoms with Crippen LogP contribution in [-0.2, 0) is 52.9 Å². The van der Waals surface area contributed by atoms with Gasteiger partial charge in [0, 0.05) is 43.2 Å². The molecule has 16 heteroatoms. The zero-order valence-electron chi connectivity index (χ0n) is 31.7. The topological polar surface area (TPSA) is 161 Å². The number of likely N-dealkylation sites (N-methyl/N-ethyl adjacent to an activating group) is 1. The molecule has 2 atom stereocenters. The van der Waals surface area contributed by atoms with Crippen LogP contribution in [-0.4, -0.2) is 91.0 Å². The number of carboxylic acid groups (broad SMARTS) is 2. The third kappa shape index (κ3) is 13.3. The third-order valence-corrected chi connectivity index (χ3v) is 9.27. The number of hydrogen-bond donors (Lipinski definition) is 4. The normalized spacial score (nSPS) is 12.4. The molecule has 0 fully saturated rings. The SMILES string of the molecule is CCc1cn(CC(=O)N(CCN(CC)CC)Cc2ccc(-c3ccc(C(F)(F)F)cc3)cc2)c(CCc2cccc(F)c2F)cc1=O.O=C(O)C(O)C(O)C(=O)O. The minimum Gasteiger partial charge on any atom is -0.479 e. The second-order valence-corrected chi connectivity index (χ2v) is 13.0. The molecule has 0 aliphatic heterocycles. The third-order valence-electron chi connectivity index (χ3n) is 9.27. The number of alkyl halides is 3. The van der Waals surface area contributed by atoms with E-state index in [1.807, 2.05) is 31.2 Å². The van der Waals surface area contributed by atoms with Gasteiger partial charge in [-0.1, -0.05) is 69.3 Å². The standard InChI is InChI=1S/C37H40F5N3O2.C4H6O6/c1-4-27-24-45(32(22-34(27)46)19-16-30-8-7-9-33(38)36(30)39)25-35(47)44(21-20-43(5-2)6-3)23-26-10-12-28(13-11-26)29-14-17-31(18-15-29)37(40,41)42;5-1(3(7)8)2(6)4(9)10/h7-15,17-18,22,24H,4-6,16,19-21,23,25H2,1-3H3;1-2,5-6H,(H,7,8)(H,9,10). The van der Waals surface area contributed by atoms with Gasteiger partial charge in [-0.25, -0.2) is 18.4 Å². The fraction of sp³-hybridized carbons (Fsp3) is 0.366. The molecule has 0 bridgehead atoms. The summed E-state index contributed by atoms with van der Waals surface area (Å²) in [6, 6.07) is 17.8. The van der Waals surface area contributed by atoms with Gasteiger partial charge in [-0.3, -0.25) is 9.59 Å². The van der Waals surface area contributed by atoms with E-state index in [9.17, 15) is 41.1 Å². The number of hydrogen-bond acceptors (Lipinski definition) is 7. The van der Waals surface area contributed by atoms with Gasteiger partial charge < -0.3 is 34.8 Å². The lowest BCUT2D eigenvalue weighted by atomic mass is 10.0. The van der Waals surface area contributed by atoms with E-state index in [1.165, 1.54) is 30.3 Å². The number of rotatable bonds is 17. The smallest absolute Gasteiger partial charge is 0.416 e. The molecule has 0 saturated heterocycles. The van der Waals surface area contributed by atoms with Crippen molar-refractivity contribution in [3.05, 3.63) is 129 Å². The first-order valence-electron chi connectivity index (χ1n) is 18.1. The van der Waals surface area contributed by atoms with Gasteiger partial charge in [-0.2, -0.15) is 13.2 Å². The minimum atomic E-state index is -4.41. The van der Waals surface area contributed by atoms with Crippen molar-refractivity contribution in [1.82, 2.24) is 14.4 Å². The van der Waals surface area contributed by atoms with Crippen molar-refractivity contribution in [3.63, 3.8) is 0 Å². The highest BCUT2D eigenvalue weighted by molar-refractivity contribution is 5.83. The summed E-state index contributed by atoms with van der Waals surface area (Å²) in [6.45, 7) is 8.96. The molecule has 2 unspecified atom stereocenters. The highest BCUT2D eigenvalue weighted by atomic mass is 19.4. The van der Waals surface area contributed by atoms with Crippen molar-refractivity contribution >= 4 is 17.8 Å². The van der Waals surface area contributed by atoms with Crippen molar-refractivity contribution < 1.29 is 56.8 Å². The van der Waals surface area contributed by atoms with Crippen LogP contribution in [0, 0.1) is 11.6 Å². The first kappa shape index (κ1) is 45.9. The number of amides is 1. The molecule has 11 nitrogen and oxygen atoms in total. The molecule has 1 amide bonds. The number of carbonyl (C=O) groups is 3. The second kappa shape index (κ2) is 21.2. The number of carbonyl (C=O) groups excluding carboxylic acids is 1. The van der Waals surface area contributed by atoms with E-state index in [2.05, 4.69) is 18.7 Å². The minimum absolute atomic E-state index is 0.0455. The van der Waals surface area contributed by atoms with E-state index in [0.29, 0.717) is 42.9 Å². The molecule has 0 aliphatic rings. The zero-order chi connectivity index (χ0) is 42.4. The van der Waals surface area contributed by atoms with Crippen LogP contribution in [0.15, 0.2) is 83.8 Å². The predicted octanol–water partition coefficient (Wildman–Crippen LogP) is 5.41. The summed E-state index contributed by atoms with van der Waals surface area (Å²) in [5.74, 6) is -5.57. The molecule has 1 heterocycles. The molecule has 0 saturated carbocycles. The number of halogens is 5. The summed E-state index contributed by atoms with van der Waals surface area (Å²) in [5.41, 5.74) is 2.66. The molecular weight excluding hydrogens is 757 g/mol. The van der Waals surface area contributed by atoms with Crippen molar-refractivity contribution in [3.8, 4) is 11.1 Å². The lowest BCUT2D eigenvalue weighted by Crippen LogP contribution is -2.40. The van der Waals surface area contributed by atoms with E-state index in [-0.39, 0.29) is 36.3 Å². The number of benzene rings is 3. The Morgan fingerprint density at radius 1 is 0.772 bits per heavy atom. The van der Waals surface area contributed by atoms with Crippen LogP contribution in [0.25, 0.3) is 11.1 Å². The molecule has 308 valence electrons. The van der Waals surface area contributed by atoms with E-state index >= 15 is 0 Å². The van der Waals surface area contributed by atoms with Crippen LogP contribution < -0.4 is 5.43 Å². The molecule has 1 aromatic heterocycles. The quantitative estimate of drug-likeness (QED) is 0.102. The van der Waals surface area contributed by atoms with Crippen molar-refractivity contribution in [1.29, 1.82) is 0 Å². The predicted molar refractivity (Wildman–Crippen MR) is 201 cm³/mol. The van der Waals surface area contributed by atoms with E-state index in [1.54, 1.807) is 15.7 Å². The Morgan fingerprint density at radius 2 is 1.33 bits per heavy atom. The highest BCUT2D eigenvalue weighted by Gasteiger charge is 2.30. The van der Waals surface area contributed by atoms with Gasteiger partial charge >= 0.3 is 18.1 Å². The molecule has 57 heavy (non-hydrogen) atoms. The largest absolute Gasteiger partial charge is 0.479 e. The summed E-state index contributed by atoms with van der Waals surface area (Å²) in [7, 11) is 0. The van der Waals surface area contributed by atoms with E-state index in [4.69, 9.17) is 20.4 Å². The fourth-order valence-electron chi connectivity index (χ4n) is 5.78. The first-order valence-corrected chi connectivity index (χ1v) is 18.1. The maximum atomic E-state index is 14.4. The van der Waals surface area contributed by atoms with Gasteiger partial charge in [0.2, 0.25) is 5.91 Å². The molecule has 0 spiro atoms. The Bertz CT molecular complexity index is 2000. The molecule has 0 radical (unpaired) electrons. The molecule has 0 aliphatic carbocycles. The van der Waals surface area contributed by atoms with Gasteiger partial charge in [-0.15, -0.1) is 0 Å². The number of aliphatic carboxylic acids is 2. The number of aliphatic hydroxyl groups excluding tert-OH is 2. The van der Waals surface area contributed by atoms with E-state index < -0.39 is 47.5 Å². The summed E-state index contributed by atoms with van der Waals surface area (Å²) in [6.07, 6.45) is -6.40. The number of aryl methyl sites for hydroxylation is 3. The Balaban J connectivity index is 0.000000766. The monoisotopic (exact) mass is 803 g/mol. The number of carboxylic acids is 2. The summed E-state index contributed by atoms with van der Waals surface area (Å²) < 4.78 is 68.9. The number of pyridine rings is 1. The number of nitrogens with zero attached hydrogens (tertiary/aromatic N) is 3. The molecule has 4 N–H and O–H groups in total. The van der Waals surface area contributed by atoms with Crippen LogP contribution in [0.4, 0.5) is 22.0 Å². The van der Waals surface area contributed by atoms with Crippen LogP contribution in [0.5, 0.6) is 0 Å². The lowest BCUT2D eigenvalue weighted by molar-refractivity contribution is -0.165. The average molecular weight is 804 g/mol. The molecule has 3 aromatic carbocycles. The summed E-state index contributed by atoms with van der Waals surface area (Å²) >= 11 is 0. The maximum absolute atomic E-state index is 14.4. The first-order chi connectivity index (χ1) is 26.9. The van der Waals surface area contributed by atoms with Crippen LogP contribution >= 0.6 is 0 Å². The Labute approximate surface area is 326 Å². The Hall–Kier alpha value is -5.45. The van der Waals surface area contributed by atoms with Crippen LogP contribution in [0.2, 0.25) is 0 Å². The second-order valence-electron chi connectivity index (χ2n) is 13.0. The van der Waals surface area contributed by atoms with Gasteiger partial charge in [0.05, 0.1) is 5.56 Å². The fourth-order valence-corrected chi connectivity index (χ4v) is 5.78. The van der Waals surface area contributed by atoms with Gasteiger partial charge in [0.15, 0.2) is 29.3 Å². The molecule has 4 rings (SSSR count). The molecule has 4 aromatic rings. The Morgan fingerprint density at radius 3 is 1.84 bits per heavy atom. The Kier molecular flexibility index (Phi) is 17.1. The van der Waals surface area contributed by atoms with Crippen molar-refractivity contribution in [2.24, 2.45) is 0 Å². The van der Waals surface area contributed by atoms with Crippen molar-refractivity contribution in [2.75, 3.05) is 26.2 Å². The number of aliphatic hydroxyl groups is 2. The average Bonchev–Trinajstić information content (AvgIpc) is 3.18. The van der Waals surface area contributed by atoms with Gasteiger partial charge in [0.1, 0.15) is 6.54 Å². The molecular formula is C41H46F5N3O8. The van der Waals surface area contributed by atoms with Crippen LogP contribution in [0.1, 0.15) is 48.7 Å². The van der Waals surface area contributed by atoms with Gasteiger partial charge in [0.25, 0.3) is 0 Å². The number of aromatic nitrogens is 1. The van der Waals surface area contributed by atoms with E-state index in [0.717, 1.165) is 42.4 Å². The summed E-state index contributed by atoms with van der Waals surface area (Å²) in [5, 5.41) is 32.5. The maximum Gasteiger partial charge on any atom is 0.416 e. The van der Waals surface area contributed by atoms with Crippen LogP contribution in [0.3, 0.4) is 0 Å². The zero-order valence-corrected chi connectivity index (χ0v) is 31.7. The highest BCUT2D eigenvalue weighted by Crippen LogP contribution is 2.31. The lowest BCUT2D eigenvalue weighted by Gasteiger charge is -2.28.